The summed E-state index contributed by atoms with van der Waals surface area (Å²) in [4.78, 5) is 54.7. The minimum Gasteiger partial charge on any atom is -0.493 e. The second-order valence-electron chi connectivity index (χ2n) is 9.91. The minimum absolute atomic E-state index is 0.0140. The molecule has 0 bridgehead atoms. The van der Waals surface area contributed by atoms with E-state index in [0.717, 1.165) is 43.3 Å². The number of hydrogen-bond acceptors (Lipinski definition) is 6. The maximum absolute atomic E-state index is 13.6. The number of piperidine rings is 1. The average molecular weight is 537 g/mol. The van der Waals surface area contributed by atoms with Crippen molar-refractivity contribution in [3.63, 3.8) is 0 Å². The van der Waals surface area contributed by atoms with Crippen LogP contribution in [-0.4, -0.2) is 59.2 Å². The minimum atomic E-state index is -0.618. The van der Waals surface area contributed by atoms with Crippen molar-refractivity contribution in [2.75, 3.05) is 27.3 Å². The van der Waals surface area contributed by atoms with E-state index in [4.69, 9.17) is 9.47 Å². The molecule has 208 valence electrons. The number of nitrogens with one attached hydrogen (secondary N) is 1. The van der Waals surface area contributed by atoms with E-state index in [-0.39, 0.29) is 41.8 Å². The predicted molar refractivity (Wildman–Crippen MR) is 149 cm³/mol. The third-order valence-electron chi connectivity index (χ3n) is 7.24. The number of fused-ring (bicyclic) bond motifs is 1. The molecule has 1 atom stereocenters. The van der Waals surface area contributed by atoms with Gasteiger partial charge in [-0.05, 0) is 56.4 Å². The monoisotopic (exact) mass is 536 g/mol. The van der Waals surface area contributed by atoms with Crippen LogP contribution in [0.25, 0.3) is 10.9 Å². The highest BCUT2D eigenvalue weighted by Crippen LogP contribution is 2.30. The Bertz CT molecular complexity index is 1470. The maximum atomic E-state index is 13.6. The number of nitrogens with zero attached hydrogens (tertiary/aromatic N) is 3. The van der Waals surface area contributed by atoms with Gasteiger partial charge in [0.1, 0.15) is 6.54 Å². The van der Waals surface area contributed by atoms with E-state index in [9.17, 15) is 19.2 Å². The summed E-state index contributed by atoms with van der Waals surface area (Å²) >= 11 is 0. The average Bonchev–Trinajstić information content (AvgIpc) is 2.97. The molecule has 39 heavy (non-hydrogen) atoms. The molecule has 0 aliphatic carbocycles. The SMILES string of the molecule is CCC(C)NC(=O)Cn1c(=O)n(Cc2ccc(C(=O)N3CCCCC3)cc2)c(=O)c2cc(OC)c(OC)cc21. The molecule has 1 aliphatic rings. The van der Waals surface area contributed by atoms with E-state index in [1.54, 1.807) is 30.3 Å². The van der Waals surface area contributed by atoms with Gasteiger partial charge in [0.05, 0.1) is 31.7 Å². The fourth-order valence-corrected chi connectivity index (χ4v) is 4.82. The van der Waals surface area contributed by atoms with Crippen LogP contribution in [0, 0.1) is 0 Å². The number of likely N-dealkylation sites (tertiary alicyclic amines) is 1. The molecule has 1 aromatic heterocycles. The first-order chi connectivity index (χ1) is 18.8. The van der Waals surface area contributed by atoms with Gasteiger partial charge in [0.2, 0.25) is 5.91 Å². The maximum Gasteiger partial charge on any atom is 0.332 e. The molecule has 4 rings (SSSR count). The van der Waals surface area contributed by atoms with E-state index in [2.05, 4.69) is 5.32 Å². The normalized spacial score (nSPS) is 14.2. The van der Waals surface area contributed by atoms with Gasteiger partial charge in [0.25, 0.3) is 11.5 Å². The molecule has 1 unspecified atom stereocenters. The van der Waals surface area contributed by atoms with Crippen LogP contribution in [0.4, 0.5) is 0 Å². The van der Waals surface area contributed by atoms with Gasteiger partial charge in [0.15, 0.2) is 11.5 Å². The van der Waals surface area contributed by atoms with Crippen LogP contribution in [0.15, 0.2) is 46.0 Å². The molecule has 3 aromatic rings. The summed E-state index contributed by atoms with van der Waals surface area (Å²) < 4.78 is 13.2. The zero-order chi connectivity index (χ0) is 28.1. The molecule has 0 saturated carbocycles. The van der Waals surface area contributed by atoms with Crippen LogP contribution in [0.2, 0.25) is 0 Å². The van der Waals surface area contributed by atoms with Crippen LogP contribution in [0.5, 0.6) is 11.5 Å². The number of aromatic nitrogens is 2. The first-order valence-corrected chi connectivity index (χ1v) is 13.3. The zero-order valence-corrected chi connectivity index (χ0v) is 23.0. The quantitative estimate of drug-likeness (QED) is 0.450. The number of benzene rings is 2. The van der Waals surface area contributed by atoms with Crippen molar-refractivity contribution in [3.05, 3.63) is 68.4 Å². The van der Waals surface area contributed by atoms with Crippen LogP contribution in [0.3, 0.4) is 0 Å². The molecule has 0 radical (unpaired) electrons. The Hall–Kier alpha value is -4.08. The van der Waals surface area contributed by atoms with Gasteiger partial charge >= 0.3 is 5.69 Å². The van der Waals surface area contributed by atoms with Gasteiger partial charge in [-0.15, -0.1) is 0 Å². The summed E-state index contributed by atoms with van der Waals surface area (Å²) in [5, 5.41) is 3.09. The van der Waals surface area contributed by atoms with Gasteiger partial charge in [-0.2, -0.15) is 0 Å². The molecular weight excluding hydrogens is 500 g/mol. The number of hydrogen-bond donors (Lipinski definition) is 1. The second-order valence-corrected chi connectivity index (χ2v) is 9.91. The summed E-state index contributed by atoms with van der Waals surface area (Å²) in [7, 11) is 2.92. The van der Waals surface area contributed by atoms with Crippen molar-refractivity contribution < 1.29 is 19.1 Å². The number of carbonyl (C=O) groups excluding carboxylic acids is 2. The number of ether oxygens (including phenoxy) is 2. The van der Waals surface area contributed by atoms with Gasteiger partial charge in [-0.25, -0.2) is 4.79 Å². The number of rotatable bonds is 9. The van der Waals surface area contributed by atoms with Gasteiger partial charge in [0, 0.05) is 30.8 Å². The standard InChI is InChI=1S/C29H36N4O6/c1-5-19(2)30-26(34)18-32-23-16-25(39-4)24(38-3)15-22(23)28(36)33(29(32)37)17-20-9-11-21(12-10-20)27(35)31-13-7-6-8-14-31/h9-12,15-16,19H,5-8,13-14,17-18H2,1-4H3,(H,30,34). The lowest BCUT2D eigenvalue weighted by molar-refractivity contribution is -0.122. The molecule has 2 aromatic carbocycles. The molecule has 0 spiro atoms. The zero-order valence-electron chi connectivity index (χ0n) is 23.0. The third-order valence-corrected chi connectivity index (χ3v) is 7.24. The van der Waals surface area contributed by atoms with E-state index >= 15 is 0 Å². The van der Waals surface area contributed by atoms with Crippen molar-refractivity contribution >= 4 is 22.7 Å². The van der Waals surface area contributed by atoms with Crippen molar-refractivity contribution in [1.29, 1.82) is 0 Å². The number of amides is 2. The number of carbonyl (C=O) groups is 2. The lowest BCUT2D eigenvalue weighted by Gasteiger charge is -2.26. The predicted octanol–water partition coefficient (Wildman–Crippen LogP) is 2.77. The highest BCUT2D eigenvalue weighted by atomic mass is 16.5. The topological polar surface area (TPSA) is 112 Å². The van der Waals surface area contributed by atoms with E-state index in [1.807, 2.05) is 18.7 Å². The molecule has 2 amide bonds. The molecular formula is C29H36N4O6. The summed E-state index contributed by atoms with van der Waals surface area (Å²) in [5.74, 6) is 0.322. The summed E-state index contributed by atoms with van der Waals surface area (Å²) in [5.41, 5.74) is 0.401. The van der Waals surface area contributed by atoms with Crippen molar-refractivity contribution in [2.45, 2.75) is 58.7 Å². The third kappa shape index (κ3) is 6.00. The fraction of sp³-hybridized carbons (Fsp3) is 0.448. The number of methoxy groups -OCH3 is 2. The van der Waals surface area contributed by atoms with Gasteiger partial charge < -0.3 is 19.7 Å². The Kier molecular flexibility index (Phi) is 8.73. The Morgan fingerprint density at radius 2 is 1.59 bits per heavy atom. The van der Waals surface area contributed by atoms with Crippen molar-refractivity contribution in [2.24, 2.45) is 0 Å². The molecule has 2 heterocycles. The Balaban J connectivity index is 1.74. The van der Waals surface area contributed by atoms with E-state index < -0.39 is 11.2 Å². The molecule has 1 N–H and O–H groups in total. The highest BCUT2D eigenvalue weighted by Gasteiger charge is 2.21. The molecule has 10 heteroatoms. The van der Waals surface area contributed by atoms with Crippen LogP contribution < -0.4 is 26.0 Å². The first kappa shape index (κ1) is 27.9. The summed E-state index contributed by atoms with van der Waals surface area (Å²) in [6.07, 6.45) is 3.89. The molecule has 1 aliphatic heterocycles. The lowest BCUT2D eigenvalue weighted by Crippen LogP contribution is -2.44. The van der Waals surface area contributed by atoms with Crippen molar-refractivity contribution in [3.8, 4) is 11.5 Å². The summed E-state index contributed by atoms with van der Waals surface area (Å²) in [6.45, 7) is 5.06. The Labute approximate surface area is 227 Å². The molecule has 1 saturated heterocycles. The van der Waals surface area contributed by atoms with E-state index in [0.29, 0.717) is 22.6 Å². The largest absolute Gasteiger partial charge is 0.493 e. The smallest absolute Gasteiger partial charge is 0.332 e. The fourth-order valence-electron chi connectivity index (χ4n) is 4.82. The Morgan fingerprint density at radius 3 is 2.21 bits per heavy atom. The first-order valence-electron chi connectivity index (χ1n) is 13.3. The van der Waals surface area contributed by atoms with Gasteiger partial charge in [-0.3, -0.25) is 23.5 Å². The van der Waals surface area contributed by atoms with E-state index in [1.165, 1.54) is 24.9 Å². The lowest BCUT2D eigenvalue weighted by atomic mass is 10.1. The van der Waals surface area contributed by atoms with Crippen LogP contribution in [-0.2, 0) is 17.9 Å². The molecule has 1 fully saturated rings. The Morgan fingerprint density at radius 1 is 0.949 bits per heavy atom. The highest BCUT2D eigenvalue weighted by molar-refractivity contribution is 5.94. The van der Waals surface area contributed by atoms with Crippen LogP contribution >= 0.6 is 0 Å². The van der Waals surface area contributed by atoms with Gasteiger partial charge in [-0.1, -0.05) is 19.1 Å². The summed E-state index contributed by atoms with van der Waals surface area (Å²) in [6, 6.07) is 9.96. The van der Waals surface area contributed by atoms with Crippen LogP contribution in [0.1, 0.15) is 55.5 Å². The van der Waals surface area contributed by atoms with Crippen molar-refractivity contribution in [1.82, 2.24) is 19.4 Å². The second kappa shape index (κ2) is 12.2. The molecule has 10 nitrogen and oxygen atoms in total.